The van der Waals surface area contributed by atoms with E-state index in [2.05, 4.69) is 16.5 Å². The van der Waals surface area contributed by atoms with Crippen LogP contribution in [0, 0.1) is 5.21 Å². The van der Waals surface area contributed by atoms with Gasteiger partial charge in [0, 0.05) is 38.2 Å². The molecule has 33 heavy (non-hydrogen) atoms. The summed E-state index contributed by atoms with van der Waals surface area (Å²) in [6.45, 7) is 0.744. The second-order valence-corrected chi connectivity index (χ2v) is 10.5. The van der Waals surface area contributed by atoms with E-state index < -0.39 is 26.8 Å². The maximum absolute atomic E-state index is 13.4. The second-order valence-electron chi connectivity index (χ2n) is 8.89. The summed E-state index contributed by atoms with van der Waals surface area (Å²) in [5.74, 6) is 0.111. The zero-order chi connectivity index (χ0) is 23.2. The van der Waals surface area contributed by atoms with E-state index in [9.17, 15) is 18.4 Å². The van der Waals surface area contributed by atoms with Gasteiger partial charge in [-0.25, -0.2) is 9.10 Å². The first-order valence-corrected chi connectivity index (χ1v) is 12.8. The van der Waals surface area contributed by atoms with E-state index >= 15 is 0 Å². The summed E-state index contributed by atoms with van der Waals surface area (Å²) in [6.07, 6.45) is 7.87. The molecule has 1 aromatic heterocycles. The van der Waals surface area contributed by atoms with Gasteiger partial charge in [0.05, 0.1) is 6.04 Å². The number of ether oxygens (including phenoxy) is 1. The maximum Gasteiger partial charge on any atom is 0.326 e. The Morgan fingerprint density at radius 3 is 2.36 bits per heavy atom. The van der Waals surface area contributed by atoms with Gasteiger partial charge in [0.2, 0.25) is 0 Å². The zero-order valence-corrected chi connectivity index (χ0v) is 19.4. The number of anilines is 2. The number of benzene rings is 1. The monoisotopic (exact) mass is 474 g/mol. The summed E-state index contributed by atoms with van der Waals surface area (Å²) in [5, 5.41) is 19.9. The molecule has 1 N–H and O–H groups in total. The van der Waals surface area contributed by atoms with Crippen molar-refractivity contribution in [1.82, 2.24) is 14.2 Å². The predicted octanol–water partition coefficient (Wildman–Crippen LogP) is 2.66. The first kappa shape index (κ1) is 22.2. The number of nitrogens with one attached hydrogen (secondary N) is 1. The highest BCUT2D eigenvalue weighted by atomic mass is 32.2. The molecular formula is C22H28N5O5S-. The van der Waals surface area contributed by atoms with Gasteiger partial charge >= 0.3 is 16.2 Å². The normalized spacial score (nSPS) is 18.1. The van der Waals surface area contributed by atoms with Crippen LogP contribution in [-0.2, 0) is 47.7 Å². The number of hydrogen-bond donors (Lipinski definition) is 1. The highest BCUT2D eigenvalue weighted by molar-refractivity contribution is 7.91. The van der Waals surface area contributed by atoms with Gasteiger partial charge in [-0.05, 0) is 73.6 Å². The molecule has 0 spiro atoms. The lowest BCUT2D eigenvalue weighted by Crippen LogP contribution is -2.51. The van der Waals surface area contributed by atoms with Crippen LogP contribution in [0.15, 0.2) is 18.3 Å². The Morgan fingerprint density at radius 2 is 1.79 bits per heavy atom. The van der Waals surface area contributed by atoms with Crippen molar-refractivity contribution in [3.8, 4) is 0 Å². The van der Waals surface area contributed by atoms with Crippen LogP contribution in [0.4, 0.5) is 16.3 Å². The van der Waals surface area contributed by atoms with Crippen LogP contribution in [0.1, 0.15) is 47.9 Å². The van der Waals surface area contributed by atoms with Crippen molar-refractivity contribution < 1.29 is 17.9 Å². The fourth-order valence-electron chi connectivity index (χ4n) is 5.24. The predicted molar refractivity (Wildman–Crippen MR) is 123 cm³/mol. The summed E-state index contributed by atoms with van der Waals surface area (Å²) < 4.78 is 34.2. The smallest absolute Gasteiger partial charge is 0.326 e. The second kappa shape index (κ2) is 8.62. The molecule has 5 rings (SSSR count). The third kappa shape index (κ3) is 3.98. The molecule has 1 saturated heterocycles. The third-order valence-corrected chi connectivity index (χ3v) is 8.34. The fraction of sp³-hybridized carbons (Fsp3) is 0.545. The highest BCUT2D eigenvalue weighted by Gasteiger charge is 2.37. The minimum atomic E-state index is -4.72. The van der Waals surface area contributed by atoms with Gasteiger partial charge in [0.1, 0.15) is 0 Å². The molecule has 0 bridgehead atoms. The minimum Gasteiger partial charge on any atom is -0.740 e. The molecular weight excluding hydrogens is 446 g/mol. The Kier molecular flexibility index (Phi) is 5.79. The molecule has 0 radical (unpaired) electrons. The molecule has 0 saturated carbocycles. The SMILES string of the molecule is Cn1ccc(N(C2CCOCC2)S(=O)(=O)N([O-])C(=O)Nc2c3c(cc4c2CCC4)CCC3)n1. The van der Waals surface area contributed by atoms with E-state index in [0.717, 1.165) is 54.0 Å². The van der Waals surface area contributed by atoms with Gasteiger partial charge in [-0.1, -0.05) is 6.07 Å². The molecule has 0 atom stereocenters. The molecule has 178 valence electrons. The molecule has 2 aliphatic carbocycles. The van der Waals surface area contributed by atoms with Crippen LogP contribution < -0.4 is 9.62 Å². The number of carbonyl (C=O) groups is 1. The Balaban J connectivity index is 1.45. The van der Waals surface area contributed by atoms with Crippen LogP contribution in [0.25, 0.3) is 0 Å². The molecule has 11 heteroatoms. The number of urea groups is 1. The van der Waals surface area contributed by atoms with Crippen molar-refractivity contribution in [2.24, 2.45) is 7.05 Å². The number of hydrogen-bond acceptors (Lipinski definition) is 6. The number of rotatable bonds is 5. The van der Waals surface area contributed by atoms with Crippen LogP contribution in [0.3, 0.4) is 0 Å². The number of carbonyl (C=O) groups excluding carboxylic acids is 1. The van der Waals surface area contributed by atoms with E-state index in [4.69, 9.17) is 4.74 Å². The van der Waals surface area contributed by atoms with Crippen molar-refractivity contribution in [3.05, 3.63) is 45.8 Å². The molecule has 2 heterocycles. The topological polar surface area (TPSA) is 120 Å². The van der Waals surface area contributed by atoms with Gasteiger partial charge < -0.3 is 15.3 Å². The third-order valence-electron chi connectivity index (χ3n) is 6.78. The standard InChI is InChI=1S/C22H28N5O5S/c1-25-11-8-20(24-25)26(17-9-12-32-13-10-17)33(30,31)27(29)22(28)23-21-18-6-2-4-15(18)14-16-5-3-7-19(16)21/h8,11,14,17H,2-7,9-10,12-13H2,1H3,(H,23,28)/q-1. The van der Waals surface area contributed by atoms with Crippen LogP contribution >= 0.6 is 0 Å². The van der Waals surface area contributed by atoms with E-state index in [0.29, 0.717) is 31.7 Å². The van der Waals surface area contributed by atoms with Crippen molar-refractivity contribution in [1.29, 1.82) is 0 Å². The van der Waals surface area contributed by atoms with Gasteiger partial charge in [0.25, 0.3) is 0 Å². The summed E-state index contributed by atoms with van der Waals surface area (Å²) >= 11 is 0. The van der Waals surface area contributed by atoms with Crippen LogP contribution in [0.2, 0.25) is 0 Å². The van der Waals surface area contributed by atoms with Gasteiger partial charge in [-0.15, -0.1) is 0 Å². The lowest BCUT2D eigenvalue weighted by Gasteiger charge is -2.39. The largest absolute Gasteiger partial charge is 0.740 e. The van der Waals surface area contributed by atoms with Crippen molar-refractivity contribution in [2.75, 3.05) is 22.8 Å². The molecule has 0 unspecified atom stereocenters. The van der Waals surface area contributed by atoms with Gasteiger partial charge in [-0.3, -0.25) is 9.15 Å². The molecule has 2 aromatic rings. The maximum atomic E-state index is 13.4. The Hall–Kier alpha value is -2.63. The van der Waals surface area contributed by atoms with E-state index in [-0.39, 0.29) is 5.82 Å². The number of fused-ring (bicyclic) bond motifs is 2. The molecule has 1 aromatic carbocycles. The first-order valence-electron chi connectivity index (χ1n) is 11.4. The number of aromatic nitrogens is 2. The number of amides is 2. The Bertz CT molecular complexity index is 1140. The van der Waals surface area contributed by atoms with E-state index in [1.54, 1.807) is 13.2 Å². The highest BCUT2D eigenvalue weighted by Crippen LogP contribution is 2.39. The molecule has 2 amide bonds. The lowest BCUT2D eigenvalue weighted by atomic mass is 9.99. The molecule has 10 nitrogen and oxygen atoms in total. The zero-order valence-electron chi connectivity index (χ0n) is 18.6. The number of hydroxylamine groups is 1. The van der Waals surface area contributed by atoms with Gasteiger partial charge in [-0.2, -0.15) is 13.5 Å². The van der Waals surface area contributed by atoms with Crippen LogP contribution in [-0.4, -0.2) is 48.0 Å². The van der Waals surface area contributed by atoms with Crippen LogP contribution in [0.5, 0.6) is 0 Å². The summed E-state index contributed by atoms with van der Waals surface area (Å²) in [5.41, 5.74) is 5.06. The average molecular weight is 475 g/mol. The van der Waals surface area contributed by atoms with Crippen molar-refractivity contribution >= 4 is 27.7 Å². The summed E-state index contributed by atoms with van der Waals surface area (Å²) in [6, 6.07) is 2.01. The fourth-order valence-corrected chi connectivity index (χ4v) is 6.57. The first-order chi connectivity index (χ1) is 15.9. The summed E-state index contributed by atoms with van der Waals surface area (Å²) in [4.78, 5) is 13.0. The van der Waals surface area contributed by atoms with Gasteiger partial charge in [0.15, 0.2) is 5.82 Å². The Labute approximate surface area is 193 Å². The average Bonchev–Trinajstić information content (AvgIpc) is 3.55. The number of nitrogens with zero attached hydrogens (tertiary/aromatic N) is 4. The quantitative estimate of drug-likeness (QED) is 0.666. The Morgan fingerprint density at radius 1 is 1.15 bits per heavy atom. The van der Waals surface area contributed by atoms with E-state index in [1.807, 2.05) is 0 Å². The van der Waals surface area contributed by atoms with Crippen molar-refractivity contribution in [3.63, 3.8) is 0 Å². The van der Waals surface area contributed by atoms with E-state index in [1.165, 1.54) is 21.9 Å². The minimum absolute atomic E-state index is 0.111. The molecule has 3 aliphatic rings. The summed E-state index contributed by atoms with van der Waals surface area (Å²) in [7, 11) is -3.06. The number of aryl methyl sites for hydroxylation is 3. The molecule has 1 aliphatic heterocycles. The van der Waals surface area contributed by atoms with Crippen molar-refractivity contribution in [2.45, 2.75) is 57.4 Å². The molecule has 1 fully saturated rings. The lowest BCUT2D eigenvalue weighted by molar-refractivity contribution is 0.0873.